The third kappa shape index (κ3) is 2.13. The number of aromatic nitrogens is 3. The first-order valence-corrected chi connectivity index (χ1v) is 6.23. The second-order valence-electron chi connectivity index (χ2n) is 4.68. The highest BCUT2D eigenvalue weighted by Gasteiger charge is 2.17. The third-order valence-electron chi connectivity index (χ3n) is 3.44. The van der Waals surface area contributed by atoms with Crippen molar-refractivity contribution in [3.05, 3.63) is 29.7 Å². The SMILES string of the molecule is O=Cc1ccc2nnc(CC3CCOCC3)n2c1. The molecule has 1 aliphatic heterocycles. The van der Waals surface area contributed by atoms with E-state index in [1.54, 1.807) is 12.3 Å². The van der Waals surface area contributed by atoms with Crippen molar-refractivity contribution >= 4 is 11.9 Å². The van der Waals surface area contributed by atoms with Gasteiger partial charge in [-0.3, -0.25) is 9.20 Å². The van der Waals surface area contributed by atoms with Crippen LogP contribution in [-0.4, -0.2) is 34.1 Å². The molecular formula is C13H15N3O2. The molecule has 1 fully saturated rings. The summed E-state index contributed by atoms with van der Waals surface area (Å²) in [7, 11) is 0. The van der Waals surface area contributed by atoms with Crippen LogP contribution in [0.1, 0.15) is 29.0 Å². The lowest BCUT2D eigenvalue weighted by Gasteiger charge is -2.20. The van der Waals surface area contributed by atoms with E-state index in [4.69, 9.17) is 4.74 Å². The molecule has 0 bridgehead atoms. The summed E-state index contributed by atoms with van der Waals surface area (Å²) in [6.45, 7) is 1.67. The van der Waals surface area contributed by atoms with Crippen LogP contribution in [0.2, 0.25) is 0 Å². The number of carbonyl (C=O) groups excluding carboxylic acids is 1. The number of hydrogen-bond donors (Lipinski definition) is 0. The van der Waals surface area contributed by atoms with Gasteiger partial charge in [-0.25, -0.2) is 0 Å². The maximum Gasteiger partial charge on any atom is 0.160 e. The molecule has 0 N–H and O–H groups in total. The Morgan fingerprint density at radius 3 is 2.94 bits per heavy atom. The fourth-order valence-corrected chi connectivity index (χ4v) is 2.37. The van der Waals surface area contributed by atoms with Gasteiger partial charge in [0.2, 0.25) is 0 Å². The first-order valence-electron chi connectivity index (χ1n) is 6.23. The topological polar surface area (TPSA) is 56.5 Å². The van der Waals surface area contributed by atoms with Crippen molar-refractivity contribution in [3.63, 3.8) is 0 Å². The molecule has 2 aromatic rings. The van der Waals surface area contributed by atoms with Gasteiger partial charge in [0, 0.05) is 31.4 Å². The largest absolute Gasteiger partial charge is 0.381 e. The maximum absolute atomic E-state index is 10.8. The minimum Gasteiger partial charge on any atom is -0.381 e. The van der Waals surface area contributed by atoms with Crippen LogP contribution in [0.15, 0.2) is 18.3 Å². The van der Waals surface area contributed by atoms with Gasteiger partial charge in [-0.2, -0.15) is 0 Å². The van der Waals surface area contributed by atoms with Crippen LogP contribution >= 0.6 is 0 Å². The summed E-state index contributed by atoms with van der Waals surface area (Å²) >= 11 is 0. The number of ether oxygens (including phenoxy) is 1. The summed E-state index contributed by atoms with van der Waals surface area (Å²) < 4.78 is 7.27. The smallest absolute Gasteiger partial charge is 0.160 e. The van der Waals surface area contributed by atoms with Gasteiger partial charge in [0.1, 0.15) is 5.82 Å². The average Bonchev–Trinajstić information content (AvgIpc) is 2.82. The van der Waals surface area contributed by atoms with E-state index in [2.05, 4.69) is 10.2 Å². The van der Waals surface area contributed by atoms with Gasteiger partial charge in [-0.1, -0.05) is 0 Å². The first kappa shape index (κ1) is 11.3. The molecule has 5 nitrogen and oxygen atoms in total. The minimum atomic E-state index is 0.603. The van der Waals surface area contributed by atoms with Gasteiger partial charge >= 0.3 is 0 Å². The van der Waals surface area contributed by atoms with Crippen LogP contribution in [-0.2, 0) is 11.2 Å². The molecule has 0 atom stereocenters. The van der Waals surface area contributed by atoms with Crippen molar-refractivity contribution in [1.82, 2.24) is 14.6 Å². The molecule has 0 amide bonds. The summed E-state index contributed by atoms with van der Waals surface area (Å²) in [5, 5.41) is 8.35. The Morgan fingerprint density at radius 2 is 2.17 bits per heavy atom. The van der Waals surface area contributed by atoms with Gasteiger partial charge in [0.15, 0.2) is 11.9 Å². The average molecular weight is 245 g/mol. The van der Waals surface area contributed by atoms with E-state index in [-0.39, 0.29) is 0 Å². The number of nitrogens with zero attached hydrogens (tertiary/aromatic N) is 3. The molecule has 5 heteroatoms. The number of fused-ring (bicyclic) bond motifs is 1. The Hall–Kier alpha value is -1.75. The van der Waals surface area contributed by atoms with Crippen molar-refractivity contribution in [2.75, 3.05) is 13.2 Å². The van der Waals surface area contributed by atoms with Crippen LogP contribution < -0.4 is 0 Å². The Morgan fingerprint density at radius 1 is 1.33 bits per heavy atom. The molecule has 18 heavy (non-hydrogen) atoms. The molecule has 1 saturated heterocycles. The lowest BCUT2D eigenvalue weighted by Crippen LogP contribution is -2.18. The van der Waals surface area contributed by atoms with Gasteiger partial charge in [0.05, 0.1) is 0 Å². The molecular weight excluding hydrogens is 230 g/mol. The summed E-state index contributed by atoms with van der Waals surface area (Å²) in [5.74, 6) is 1.53. The normalized spacial score (nSPS) is 17.1. The molecule has 0 radical (unpaired) electrons. The molecule has 94 valence electrons. The molecule has 2 aromatic heterocycles. The zero-order valence-electron chi connectivity index (χ0n) is 10.1. The number of pyridine rings is 1. The number of rotatable bonds is 3. The van der Waals surface area contributed by atoms with Crippen LogP contribution in [0.5, 0.6) is 0 Å². The van der Waals surface area contributed by atoms with E-state index < -0.39 is 0 Å². The van der Waals surface area contributed by atoms with E-state index in [9.17, 15) is 4.79 Å². The van der Waals surface area contributed by atoms with Crippen molar-refractivity contribution < 1.29 is 9.53 Å². The van der Waals surface area contributed by atoms with E-state index in [1.807, 2.05) is 10.5 Å². The Bertz CT molecular complexity index is 558. The quantitative estimate of drug-likeness (QED) is 0.769. The first-order chi connectivity index (χ1) is 8.86. The fourth-order valence-electron chi connectivity index (χ4n) is 2.37. The van der Waals surface area contributed by atoms with Crippen LogP contribution in [0.3, 0.4) is 0 Å². The number of aldehydes is 1. The van der Waals surface area contributed by atoms with Crippen LogP contribution in [0, 0.1) is 5.92 Å². The highest BCUT2D eigenvalue weighted by molar-refractivity contribution is 5.74. The second-order valence-corrected chi connectivity index (χ2v) is 4.68. The third-order valence-corrected chi connectivity index (χ3v) is 3.44. The Balaban J connectivity index is 1.88. The Kier molecular flexibility index (Phi) is 3.06. The molecule has 0 saturated carbocycles. The lowest BCUT2D eigenvalue weighted by molar-refractivity contribution is 0.0659. The monoisotopic (exact) mass is 245 g/mol. The zero-order valence-corrected chi connectivity index (χ0v) is 10.1. The number of carbonyl (C=O) groups is 1. The molecule has 0 aromatic carbocycles. The van der Waals surface area contributed by atoms with Crippen molar-refractivity contribution in [1.29, 1.82) is 0 Å². The van der Waals surface area contributed by atoms with E-state index >= 15 is 0 Å². The second kappa shape index (κ2) is 4.86. The predicted octanol–water partition coefficient (Wildman–Crippen LogP) is 1.51. The zero-order chi connectivity index (χ0) is 12.4. The molecule has 1 aliphatic rings. The molecule has 0 unspecified atom stereocenters. The lowest BCUT2D eigenvalue weighted by atomic mass is 9.96. The highest BCUT2D eigenvalue weighted by atomic mass is 16.5. The molecule has 0 aliphatic carbocycles. The summed E-state index contributed by atoms with van der Waals surface area (Å²) in [6, 6.07) is 3.58. The molecule has 3 heterocycles. The fraction of sp³-hybridized carbons (Fsp3) is 0.462. The van der Waals surface area contributed by atoms with Crippen molar-refractivity contribution in [3.8, 4) is 0 Å². The highest BCUT2D eigenvalue weighted by Crippen LogP contribution is 2.19. The maximum atomic E-state index is 10.8. The van der Waals surface area contributed by atoms with E-state index in [1.165, 1.54) is 0 Å². The minimum absolute atomic E-state index is 0.603. The predicted molar refractivity (Wildman–Crippen MR) is 65.6 cm³/mol. The Labute approximate surface area is 105 Å². The summed E-state index contributed by atoms with van der Waals surface area (Å²) in [5.41, 5.74) is 1.44. The summed E-state index contributed by atoms with van der Waals surface area (Å²) in [6.07, 6.45) is 5.69. The van der Waals surface area contributed by atoms with Crippen molar-refractivity contribution in [2.45, 2.75) is 19.3 Å². The molecule has 3 rings (SSSR count). The summed E-state index contributed by atoms with van der Waals surface area (Å²) in [4.78, 5) is 10.8. The van der Waals surface area contributed by atoms with E-state index in [0.717, 1.165) is 50.2 Å². The van der Waals surface area contributed by atoms with Gasteiger partial charge in [0.25, 0.3) is 0 Å². The van der Waals surface area contributed by atoms with Gasteiger partial charge < -0.3 is 4.74 Å². The van der Waals surface area contributed by atoms with Crippen molar-refractivity contribution in [2.24, 2.45) is 5.92 Å². The van der Waals surface area contributed by atoms with Gasteiger partial charge in [-0.15, -0.1) is 10.2 Å². The van der Waals surface area contributed by atoms with Gasteiger partial charge in [-0.05, 0) is 30.9 Å². The molecule has 0 spiro atoms. The standard InChI is InChI=1S/C13H15N3O2/c17-9-11-1-2-12-14-15-13(16(12)8-11)7-10-3-5-18-6-4-10/h1-2,8-10H,3-7H2. The van der Waals surface area contributed by atoms with E-state index in [0.29, 0.717) is 11.5 Å². The van der Waals surface area contributed by atoms with Crippen LogP contribution in [0.25, 0.3) is 5.65 Å². The number of hydrogen-bond acceptors (Lipinski definition) is 4. The van der Waals surface area contributed by atoms with Crippen LogP contribution in [0.4, 0.5) is 0 Å².